The number of hydrogen-bond donors (Lipinski definition) is 1. The van der Waals surface area contributed by atoms with Gasteiger partial charge in [-0.2, -0.15) is 4.31 Å². The maximum absolute atomic E-state index is 12.8. The van der Waals surface area contributed by atoms with Crippen molar-refractivity contribution in [1.29, 1.82) is 0 Å². The molecular formula is C18H21F3N2O4S. The standard InChI is InChI=1S/C18H21F3N2O4S/c19-18(20,21)27-15-5-7-16(8-6-15)28(25,26)23-9-1-2-14(12-23)10-17(24)22-11-13-3-4-13/h5-8,10,13H,1-4,9,11-12H2,(H,22,24). The topological polar surface area (TPSA) is 75.7 Å². The van der Waals surface area contributed by atoms with Gasteiger partial charge >= 0.3 is 6.36 Å². The van der Waals surface area contributed by atoms with Gasteiger partial charge in [0, 0.05) is 25.7 Å². The number of hydrogen-bond acceptors (Lipinski definition) is 4. The largest absolute Gasteiger partial charge is 0.573 e. The number of benzene rings is 1. The first-order chi connectivity index (χ1) is 13.1. The molecule has 1 saturated carbocycles. The Hall–Kier alpha value is -2.07. The fraction of sp³-hybridized carbons (Fsp3) is 0.500. The minimum absolute atomic E-state index is 0.0833. The molecule has 2 fully saturated rings. The first-order valence-electron chi connectivity index (χ1n) is 8.97. The molecule has 10 heteroatoms. The summed E-state index contributed by atoms with van der Waals surface area (Å²) in [5, 5.41) is 2.81. The lowest BCUT2D eigenvalue weighted by atomic mass is 10.1. The second kappa shape index (κ2) is 8.12. The molecule has 1 amide bonds. The molecule has 2 aliphatic rings. The van der Waals surface area contributed by atoms with E-state index in [9.17, 15) is 26.4 Å². The second-order valence-electron chi connectivity index (χ2n) is 6.95. The smallest absolute Gasteiger partial charge is 0.406 e. The van der Waals surface area contributed by atoms with Gasteiger partial charge in [-0.15, -0.1) is 13.2 Å². The Kier molecular flexibility index (Phi) is 5.99. The van der Waals surface area contributed by atoms with Gasteiger partial charge < -0.3 is 10.1 Å². The van der Waals surface area contributed by atoms with Crippen LogP contribution >= 0.6 is 0 Å². The predicted molar refractivity (Wildman–Crippen MR) is 94.9 cm³/mol. The third-order valence-electron chi connectivity index (χ3n) is 4.58. The minimum Gasteiger partial charge on any atom is -0.406 e. The molecule has 0 spiro atoms. The summed E-state index contributed by atoms with van der Waals surface area (Å²) < 4.78 is 67.2. The lowest BCUT2D eigenvalue weighted by Gasteiger charge is -2.28. The molecule has 0 unspecified atom stereocenters. The highest BCUT2D eigenvalue weighted by molar-refractivity contribution is 7.89. The number of halogens is 3. The van der Waals surface area contributed by atoms with Crippen molar-refractivity contribution in [2.45, 2.75) is 36.9 Å². The third kappa shape index (κ3) is 5.71. The van der Waals surface area contributed by atoms with Crippen molar-refractivity contribution in [2.75, 3.05) is 19.6 Å². The molecule has 1 heterocycles. The Morgan fingerprint density at radius 3 is 2.54 bits per heavy atom. The maximum Gasteiger partial charge on any atom is 0.573 e. The number of carbonyl (C=O) groups excluding carboxylic acids is 1. The van der Waals surface area contributed by atoms with Crippen LogP contribution in [0.4, 0.5) is 13.2 Å². The SMILES string of the molecule is O=C(C=C1CCCN(S(=O)(=O)c2ccc(OC(F)(F)F)cc2)C1)NCC1CC1. The maximum atomic E-state index is 12.8. The molecule has 1 aliphatic carbocycles. The van der Waals surface area contributed by atoms with E-state index in [0.717, 1.165) is 37.1 Å². The summed E-state index contributed by atoms with van der Waals surface area (Å²) in [5.41, 5.74) is 0.708. The highest BCUT2D eigenvalue weighted by atomic mass is 32.2. The average Bonchev–Trinajstić information content (AvgIpc) is 3.44. The molecular weight excluding hydrogens is 397 g/mol. The molecule has 0 aromatic heterocycles. The van der Waals surface area contributed by atoms with E-state index < -0.39 is 22.1 Å². The number of ether oxygens (including phenoxy) is 1. The lowest BCUT2D eigenvalue weighted by molar-refractivity contribution is -0.274. The van der Waals surface area contributed by atoms with Crippen molar-refractivity contribution in [3.63, 3.8) is 0 Å². The van der Waals surface area contributed by atoms with Crippen molar-refractivity contribution in [3.8, 4) is 5.75 Å². The van der Waals surface area contributed by atoms with E-state index in [4.69, 9.17) is 0 Å². The van der Waals surface area contributed by atoms with E-state index >= 15 is 0 Å². The van der Waals surface area contributed by atoms with Crippen LogP contribution in [-0.4, -0.2) is 44.6 Å². The van der Waals surface area contributed by atoms with Crippen molar-refractivity contribution in [1.82, 2.24) is 9.62 Å². The monoisotopic (exact) mass is 418 g/mol. The molecule has 1 N–H and O–H groups in total. The van der Waals surface area contributed by atoms with Crippen LogP contribution in [0.2, 0.25) is 0 Å². The fourth-order valence-corrected chi connectivity index (χ4v) is 4.44. The van der Waals surface area contributed by atoms with Crippen LogP contribution in [0.3, 0.4) is 0 Å². The van der Waals surface area contributed by atoms with E-state index in [1.165, 1.54) is 10.4 Å². The molecule has 0 radical (unpaired) electrons. The molecule has 1 aromatic rings. The first kappa shape index (κ1) is 20.7. The van der Waals surface area contributed by atoms with Gasteiger partial charge in [-0.25, -0.2) is 8.42 Å². The molecule has 0 bridgehead atoms. The Balaban J connectivity index is 1.66. The molecule has 1 aliphatic heterocycles. The summed E-state index contributed by atoms with van der Waals surface area (Å²) in [5.74, 6) is -0.164. The molecule has 3 rings (SSSR count). The van der Waals surface area contributed by atoms with Crippen molar-refractivity contribution >= 4 is 15.9 Å². The Labute approximate surface area is 161 Å². The zero-order chi connectivity index (χ0) is 20.4. The van der Waals surface area contributed by atoms with Crippen LogP contribution in [-0.2, 0) is 14.8 Å². The molecule has 1 saturated heterocycles. The van der Waals surface area contributed by atoms with Crippen molar-refractivity contribution < 1.29 is 31.1 Å². The summed E-state index contributed by atoms with van der Waals surface area (Å²) in [4.78, 5) is 11.8. The van der Waals surface area contributed by atoms with Crippen LogP contribution < -0.4 is 10.1 Å². The summed E-state index contributed by atoms with van der Waals surface area (Å²) >= 11 is 0. The van der Waals surface area contributed by atoms with Gasteiger partial charge in [-0.1, -0.05) is 0 Å². The summed E-state index contributed by atoms with van der Waals surface area (Å²) in [6, 6.07) is 4.09. The number of carbonyl (C=O) groups is 1. The molecule has 6 nitrogen and oxygen atoms in total. The predicted octanol–water partition coefficient (Wildman–Crippen LogP) is 2.82. The zero-order valence-corrected chi connectivity index (χ0v) is 15.9. The normalized spacial score (nSPS) is 20.2. The number of nitrogens with one attached hydrogen (secondary N) is 1. The lowest BCUT2D eigenvalue weighted by Crippen LogP contribution is -2.37. The Morgan fingerprint density at radius 1 is 1.25 bits per heavy atom. The summed E-state index contributed by atoms with van der Waals surface area (Å²) in [6.07, 6.45) is 0.0418. The molecule has 154 valence electrons. The van der Waals surface area contributed by atoms with E-state index in [0.29, 0.717) is 30.9 Å². The Morgan fingerprint density at radius 2 is 1.93 bits per heavy atom. The third-order valence-corrected chi connectivity index (χ3v) is 6.44. The number of piperidine rings is 1. The molecule has 1 aromatic carbocycles. The number of rotatable bonds is 6. The van der Waals surface area contributed by atoms with Gasteiger partial charge in [0.2, 0.25) is 15.9 Å². The highest BCUT2D eigenvalue weighted by Crippen LogP contribution is 2.28. The van der Waals surface area contributed by atoms with E-state index in [1.54, 1.807) is 0 Å². The zero-order valence-electron chi connectivity index (χ0n) is 15.0. The van der Waals surface area contributed by atoms with Crippen LogP contribution in [0.15, 0.2) is 40.8 Å². The van der Waals surface area contributed by atoms with Gasteiger partial charge in [0.1, 0.15) is 5.75 Å². The van der Waals surface area contributed by atoms with Crippen LogP contribution in [0, 0.1) is 5.92 Å². The fourth-order valence-electron chi connectivity index (χ4n) is 2.96. The van der Waals surface area contributed by atoms with Crippen molar-refractivity contribution in [3.05, 3.63) is 35.9 Å². The number of nitrogens with zero attached hydrogens (tertiary/aromatic N) is 1. The quantitative estimate of drug-likeness (QED) is 0.721. The van der Waals surface area contributed by atoms with Crippen LogP contribution in [0.5, 0.6) is 5.75 Å². The number of alkyl halides is 3. The first-order valence-corrected chi connectivity index (χ1v) is 10.4. The average molecular weight is 418 g/mol. The van der Waals surface area contributed by atoms with E-state index in [-0.39, 0.29) is 23.9 Å². The van der Waals surface area contributed by atoms with Gasteiger partial charge in [0.15, 0.2) is 0 Å². The number of amides is 1. The summed E-state index contributed by atoms with van der Waals surface area (Å²) in [7, 11) is -3.88. The second-order valence-corrected chi connectivity index (χ2v) is 8.89. The van der Waals surface area contributed by atoms with Crippen LogP contribution in [0.1, 0.15) is 25.7 Å². The van der Waals surface area contributed by atoms with Crippen molar-refractivity contribution in [2.24, 2.45) is 5.92 Å². The van der Waals surface area contributed by atoms with E-state index in [2.05, 4.69) is 10.1 Å². The number of sulfonamides is 1. The van der Waals surface area contributed by atoms with Crippen LogP contribution in [0.25, 0.3) is 0 Å². The van der Waals surface area contributed by atoms with Gasteiger partial charge in [-0.3, -0.25) is 4.79 Å². The van der Waals surface area contributed by atoms with E-state index in [1.807, 2.05) is 0 Å². The van der Waals surface area contributed by atoms with Gasteiger partial charge in [0.05, 0.1) is 4.90 Å². The van der Waals surface area contributed by atoms with Gasteiger partial charge in [0.25, 0.3) is 0 Å². The summed E-state index contributed by atoms with van der Waals surface area (Å²) in [6.45, 7) is 1.00. The highest BCUT2D eigenvalue weighted by Gasteiger charge is 2.32. The van der Waals surface area contributed by atoms with Gasteiger partial charge in [-0.05, 0) is 61.4 Å². The minimum atomic E-state index is -4.84. The Bertz CT molecular complexity index is 847. The molecule has 28 heavy (non-hydrogen) atoms. The molecule has 0 atom stereocenters.